The molecule has 5 rings (SSSR count). The first-order chi connectivity index (χ1) is 17.5. The molecular weight excluding hydrogens is 460 g/mol. The molecule has 2 heterocycles. The Morgan fingerprint density at radius 1 is 0.917 bits per heavy atom. The van der Waals surface area contributed by atoms with Gasteiger partial charge in [0.15, 0.2) is 0 Å². The minimum absolute atomic E-state index is 0.0216. The Morgan fingerprint density at radius 2 is 1.58 bits per heavy atom. The monoisotopic (exact) mass is 482 g/mol. The minimum Gasteiger partial charge on any atom is -0.497 e. The minimum atomic E-state index is -1.06. The molecule has 1 N–H and O–H groups in total. The van der Waals surface area contributed by atoms with Gasteiger partial charge in [0.2, 0.25) is 0 Å². The number of esters is 1. The molecule has 0 bridgehead atoms. The molecule has 8 nitrogen and oxygen atoms in total. The van der Waals surface area contributed by atoms with E-state index in [4.69, 9.17) is 13.9 Å². The number of fused-ring (bicyclic) bond motifs is 3. The summed E-state index contributed by atoms with van der Waals surface area (Å²) >= 11 is 0. The lowest BCUT2D eigenvalue weighted by Gasteiger charge is -2.19. The lowest BCUT2D eigenvalue weighted by atomic mass is 9.99. The van der Waals surface area contributed by atoms with Gasteiger partial charge in [0.05, 0.1) is 30.8 Å². The number of amides is 1. The summed E-state index contributed by atoms with van der Waals surface area (Å²) in [6.45, 7) is 0. The Bertz CT molecular complexity index is 1640. The molecule has 2 aromatic heterocycles. The van der Waals surface area contributed by atoms with E-state index in [1.807, 2.05) is 48.5 Å². The molecule has 5 aromatic rings. The number of hydrogen-bond donors (Lipinski definition) is 1. The number of nitrogens with one attached hydrogen (secondary N) is 1. The van der Waals surface area contributed by atoms with Gasteiger partial charge in [-0.1, -0.05) is 36.4 Å². The second kappa shape index (κ2) is 9.50. The maximum Gasteiger partial charge on any atom is 0.336 e. The zero-order valence-electron chi connectivity index (χ0n) is 19.6. The van der Waals surface area contributed by atoms with Crippen LogP contribution in [0.3, 0.4) is 0 Å². The summed E-state index contributed by atoms with van der Waals surface area (Å²) in [4.78, 5) is 43.3. The van der Waals surface area contributed by atoms with E-state index in [0.29, 0.717) is 49.7 Å². The number of carbonyl (C=O) groups excluding carboxylic acids is 2. The van der Waals surface area contributed by atoms with Crippen molar-refractivity contribution >= 4 is 44.7 Å². The van der Waals surface area contributed by atoms with Crippen LogP contribution in [0.4, 0.5) is 0 Å². The van der Waals surface area contributed by atoms with Crippen LogP contribution < -0.4 is 15.7 Å². The van der Waals surface area contributed by atoms with Gasteiger partial charge in [-0.2, -0.15) is 0 Å². The molecule has 180 valence electrons. The SMILES string of the molecule is COC(=O)[C@H](Cc1cc(=O)oc2cc(OC)ccc12)NC(=O)c1c2ccccc2nc2ccccc12. The fourth-order valence-corrected chi connectivity index (χ4v) is 4.38. The normalized spacial score (nSPS) is 11.9. The van der Waals surface area contributed by atoms with Crippen LogP contribution >= 0.6 is 0 Å². The Hall–Kier alpha value is -4.72. The topological polar surface area (TPSA) is 108 Å². The third kappa shape index (κ3) is 4.24. The zero-order valence-corrected chi connectivity index (χ0v) is 19.6. The molecule has 36 heavy (non-hydrogen) atoms. The molecular formula is C28H22N2O6. The summed E-state index contributed by atoms with van der Waals surface area (Å²) in [6, 6.07) is 20.0. The number of hydrogen-bond acceptors (Lipinski definition) is 7. The van der Waals surface area contributed by atoms with Crippen LogP contribution in [-0.2, 0) is 16.0 Å². The first-order valence-corrected chi connectivity index (χ1v) is 11.3. The number of para-hydroxylation sites is 2. The highest BCUT2D eigenvalue weighted by Gasteiger charge is 2.26. The van der Waals surface area contributed by atoms with Gasteiger partial charge >= 0.3 is 11.6 Å². The number of pyridine rings is 1. The van der Waals surface area contributed by atoms with Gasteiger partial charge in [0.25, 0.3) is 5.91 Å². The molecule has 0 aliphatic carbocycles. The van der Waals surface area contributed by atoms with Crippen molar-refractivity contribution in [2.24, 2.45) is 0 Å². The summed E-state index contributed by atoms with van der Waals surface area (Å²) < 4.78 is 15.5. The third-order valence-electron chi connectivity index (χ3n) is 6.07. The van der Waals surface area contributed by atoms with E-state index in [2.05, 4.69) is 10.3 Å². The molecule has 1 atom stereocenters. The van der Waals surface area contributed by atoms with E-state index in [0.717, 1.165) is 0 Å². The maximum atomic E-state index is 13.7. The largest absolute Gasteiger partial charge is 0.497 e. The van der Waals surface area contributed by atoms with Gasteiger partial charge in [-0.3, -0.25) is 4.79 Å². The van der Waals surface area contributed by atoms with Crippen LogP contribution in [0.1, 0.15) is 15.9 Å². The fourth-order valence-electron chi connectivity index (χ4n) is 4.38. The summed E-state index contributed by atoms with van der Waals surface area (Å²) in [7, 11) is 2.76. The molecule has 0 unspecified atom stereocenters. The third-order valence-corrected chi connectivity index (χ3v) is 6.07. The van der Waals surface area contributed by atoms with Crippen LogP contribution in [0.2, 0.25) is 0 Å². The molecule has 0 saturated heterocycles. The predicted molar refractivity (Wildman–Crippen MR) is 135 cm³/mol. The van der Waals surface area contributed by atoms with Gasteiger partial charge in [-0.05, 0) is 29.8 Å². The predicted octanol–water partition coefficient (Wildman–Crippen LogP) is 4.02. The van der Waals surface area contributed by atoms with Crippen molar-refractivity contribution in [3.05, 3.63) is 94.3 Å². The van der Waals surface area contributed by atoms with Crippen LogP contribution in [0.15, 0.2) is 82.0 Å². The maximum absolute atomic E-state index is 13.7. The highest BCUT2D eigenvalue weighted by atomic mass is 16.5. The molecule has 0 radical (unpaired) electrons. The van der Waals surface area contributed by atoms with Crippen molar-refractivity contribution in [3.8, 4) is 5.75 Å². The molecule has 0 spiro atoms. The molecule has 0 fully saturated rings. The van der Waals surface area contributed by atoms with Gasteiger partial charge in [0.1, 0.15) is 17.4 Å². The van der Waals surface area contributed by atoms with Crippen LogP contribution in [-0.4, -0.2) is 37.1 Å². The standard InChI is InChI=1S/C28H22N2O6/c1-34-17-11-12-18-16(14-25(31)36-24(18)15-17)13-23(28(33)35-2)30-27(32)26-19-7-3-5-9-21(19)29-22-10-6-4-8-20(22)26/h3-12,14-15,23H,13H2,1-2H3,(H,30,32)/t23-/m0/s1. The van der Waals surface area contributed by atoms with Crippen molar-refractivity contribution in [1.29, 1.82) is 0 Å². The first kappa shape index (κ1) is 23.0. The summed E-state index contributed by atoms with van der Waals surface area (Å²) in [5.41, 5.74) is 2.01. The molecule has 0 aliphatic rings. The van der Waals surface area contributed by atoms with E-state index in [1.54, 1.807) is 18.2 Å². The zero-order chi connectivity index (χ0) is 25.2. The average Bonchev–Trinajstić information content (AvgIpc) is 2.90. The van der Waals surface area contributed by atoms with E-state index in [9.17, 15) is 14.4 Å². The highest BCUT2D eigenvalue weighted by Crippen LogP contribution is 2.27. The van der Waals surface area contributed by atoms with E-state index in [-0.39, 0.29) is 6.42 Å². The van der Waals surface area contributed by atoms with Crippen molar-refractivity contribution in [2.45, 2.75) is 12.5 Å². The Kier molecular flexibility index (Phi) is 6.08. The number of carbonyl (C=O) groups is 2. The number of ether oxygens (including phenoxy) is 2. The Labute approximate surface area is 205 Å². The average molecular weight is 482 g/mol. The molecule has 0 saturated carbocycles. The van der Waals surface area contributed by atoms with Crippen molar-refractivity contribution in [1.82, 2.24) is 10.3 Å². The van der Waals surface area contributed by atoms with Crippen LogP contribution in [0, 0.1) is 0 Å². The fraction of sp³-hybridized carbons (Fsp3) is 0.143. The Morgan fingerprint density at radius 3 is 2.22 bits per heavy atom. The van der Waals surface area contributed by atoms with Crippen LogP contribution in [0.25, 0.3) is 32.8 Å². The lowest BCUT2D eigenvalue weighted by molar-refractivity contribution is -0.142. The number of nitrogens with zero attached hydrogens (tertiary/aromatic N) is 1. The molecule has 1 amide bonds. The van der Waals surface area contributed by atoms with Crippen molar-refractivity contribution in [2.75, 3.05) is 14.2 Å². The quantitative estimate of drug-likeness (QED) is 0.221. The van der Waals surface area contributed by atoms with Crippen molar-refractivity contribution < 1.29 is 23.5 Å². The number of benzene rings is 3. The highest BCUT2D eigenvalue weighted by molar-refractivity contribution is 6.16. The van der Waals surface area contributed by atoms with Gasteiger partial charge in [0, 0.05) is 34.7 Å². The first-order valence-electron chi connectivity index (χ1n) is 11.3. The van der Waals surface area contributed by atoms with Gasteiger partial charge < -0.3 is 19.2 Å². The summed E-state index contributed by atoms with van der Waals surface area (Å²) in [5.74, 6) is -0.563. The Balaban J connectivity index is 1.57. The number of aromatic nitrogens is 1. The van der Waals surface area contributed by atoms with Gasteiger partial charge in [-0.15, -0.1) is 0 Å². The molecule has 3 aromatic carbocycles. The van der Waals surface area contributed by atoms with E-state index < -0.39 is 23.5 Å². The smallest absolute Gasteiger partial charge is 0.336 e. The number of methoxy groups -OCH3 is 2. The van der Waals surface area contributed by atoms with Gasteiger partial charge in [-0.25, -0.2) is 14.6 Å². The molecule has 0 aliphatic heterocycles. The van der Waals surface area contributed by atoms with Crippen LogP contribution in [0.5, 0.6) is 5.75 Å². The number of rotatable bonds is 6. The summed E-state index contributed by atoms with van der Waals surface area (Å²) in [6.07, 6.45) is 0.0216. The summed E-state index contributed by atoms with van der Waals surface area (Å²) in [5, 5.41) is 4.77. The van der Waals surface area contributed by atoms with E-state index >= 15 is 0 Å². The van der Waals surface area contributed by atoms with Crippen molar-refractivity contribution in [3.63, 3.8) is 0 Å². The second-order valence-corrected chi connectivity index (χ2v) is 8.23. The lowest BCUT2D eigenvalue weighted by Crippen LogP contribution is -2.43. The second-order valence-electron chi connectivity index (χ2n) is 8.23. The molecule has 8 heteroatoms. The van der Waals surface area contributed by atoms with E-state index in [1.165, 1.54) is 20.3 Å².